The fourth-order valence-electron chi connectivity index (χ4n) is 2.23. The Labute approximate surface area is 139 Å². The van der Waals surface area contributed by atoms with Crippen LogP contribution in [0.2, 0.25) is 0 Å². The molecule has 2 aromatic carbocycles. The maximum absolute atomic E-state index is 12.4. The molecule has 116 valence electrons. The molecular weight excluding hydrogens is 364 g/mol. The predicted octanol–water partition coefficient (Wildman–Crippen LogP) is 4.66. The first-order valence-electron chi connectivity index (χ1n) is 6.69. The van der Waals surface area contributed by atoms with Crippen molar-refractivity contribution >= 4 is 44.2 Å². The number of nitrogens with zero attached hydrogens (tertiary/aromatic N) is 1. The van der Waals surface area contributed by atoms with Crippen molar-refractivity contribution in [3.63, 3.8) is 0 Å². The molecule has 23 heavy (non-hydrogen) atoms. The Morgan fingerprint density at radius 1 is 1.26 bits per heavy atom. The van der Waals surface area contributed by atoms with Crippen LogP contribution in [0.4, 0.5) is 11.4 Å². The van der Waals surface area contributed by atoms with Crippen LogP contribution >= 0.6 is 15.9 Å². The van der Waals surface area contributed by atoms with Crippen molar-refractivity contribution in [2.24, 2.45) is 0 Å². The van der Waals surface area contributed by atoms with Crippen LogP contribution < -0.4 is 5.32 Å². The molecule has 1 N–H and O–H groups in total. The minimum atomic E-state index is -0.508. The first-order valence-corrected chi connectivity index (χ1v) is 7.48. The molecule has 0 saturated heterocycles. The molecule has 0 fully saturated rings. The van der Waals surface area contributed by atoms with Crippen molar-refractivity contribution in [1.29, 1.82) is 0 Å². The number of non-ortho nitro benzene ring substituents is 1. The molecule has 3 rings (SSSR count). The van der Waals surface area contributed by atoms with Crippen LogP contribution in [-0.2, 0) is 0 Å². The van der Waals surface area contributed by atoms with Gasteiger partial charge in [0.05, 0.1) is 10.5 Å². The highest BCUT2D eigenvalue weighted by atomic mass is 79.9. The monoisotopic (exact) mass is 374 g/mol. The highest BCUT2D eigenvalue weighted by Gasteiger charge is 2.17. The first-order chi connectivity index (χ1) is 11.0. The topological polar surface area (TPSA) is 85.4 Å². The van der Waals surface area contributed by atoms with E-state index < -0.39 is 4.92 Å². The van der Waals surface area contributed by atoms with Gasteiger partial charge in [-0.2, -0.15) is 0 Å². The number of halogens is 1. The third-order valence-electron chi connectivity index (χ3n) is 3.43. The van der Waals surface area contributed by atoms with Crippen LogP contribution in [0.1, 0.15) is 15.9 Å². The normalized spacial score (nSPS) is 10.7. The first kappa shape index (κ1) is 15.2. The average Bonchev–Trinajstić information content (AvgIpc) is 2.94. The number of hydrogen-bond donors (Lipinski definition) is 1. The second-order valence-electron chi connectivity index (χ2n) is 5.01. The number of benzene rings is 2. The lowest BCUT2D eigenvalue weighted by Crippen LogP contribution is -2.11. The number of nitro benzene ring substituents is 1. The number of hydrogen-bond acceptors (Lipinski definition) is 4. The number of aryl methyl sites for hydroxylation is 1. The molecule has 1 heterocycles. The molecule has 0 unspecified atom stereocenters. The van der Waals surface area contributed by atoms with Crippen LogP contribution in [0.3, 0.4) is 0 Å². The van der Waals surface area contributed by atoms with Crippen molar-refractivity contribution in [3.8, 4) is 0 Å². The summed E-state index contributed by atoms with van der Waals surface area (Å²) in [4.78, 5) is 22.8. The van der Waals surface area contributed by atoms with Gasteiger partial charge >= 0.3 is 0 Å². The summed E-state index contributed by atoms with van der Waals surface area (Å²) in [6.45, 7) is 1.91. The van der Waals surface area contributed by atoms with Gasteiger partial charge in [0.2, 0.25) is 0 Å². The van der Waals surface area contributed by atoms with E-state index in [1.165, 1.54) is 24.5 Å². The van der Waals surface area contributed by atoms with E-state index in [4.69, 9.17) is 4.42 Å². The van der Waals surface area contributed by atoms with Crippen molar-refractivity contribution in [2.75, 3.05) is 5.32 Å². The summed E-state index contributed by atoms with van der Waals surface area (Å²) in [5, 5.41) is 14.0. The molecule has 0 aliphatic heterocycles. The fraction of sp³-hybridized carbons (Fsp3) is 0.0625. The number of carbonyl (C=O) groups excluding carboxylic acids is 1. The number of rotatable bonds is 3. The summed E-state index contributed by atoms with van der Waals surface area (Å²) in [5.41, 5.74) is 2.20. The highest BCUT2D eigenvalue weighted by molar-refractivity contribution is 9.10. The SMILES string of the molecule is Cc1cc(NC(=O)c2coc3ccc([N+](=O)[O-])cc23)ccc1Br. The predicted molar refractivity (Wildman–Crippen MR) is 89.7 cm³/mol. The number of amides is 1. The Kier molecular flexibility index (Phi) is 3.87. The number of nitro groups is 1. The van der Waals surface area contributed by atoms with E-state index >= 15 is 0 Å². The van der Waals surface area contributed by atoms with Crippen LogP contribution in [0.15, 0.2) is 51.6 Å². The third-order valence-corrected chi connectivity index (χ3v) is 4.32. The van der Waals surface area contributed by atoms with Crippen LogP contribution in [0, 0.1) is 17.0 Å². The molecule has 0 aliphatic rings. The summed E-state index contributed by atoms with van der Waals surface area (Å²) < 4.78 is 6.24. The molecule has 3 aromatic rings. The van der Waals surface area contributed by atoms with E-state index in [0.717, 1.165) is 10.0 Å². The van der Waals surface area contributed by atoms with Gasteiger partial charge < -0.3 is 9.73 Å². The van der Waals surface area contributed by atoms with Gasteiger partial charge in [0, 0.05) is 27.7 Å². The number of anilines is 1. The molecule has 0 radical (unpaired) electrons. The molecule has 6 nitrogen and oxygen atoms in total. The summed E-state index contributed by atoms with van der Waals surface area (Å²) in [6.07, 6.45) is 1.30. The highest BCUT2D eigenvalue weighted by Crippen LogP contribution is 2.27. The summed E-state index contributed by atoms with van der Waals surface area (Å²) in [5.74, 6) is -0.383. The smallest absolute Gasteiger partial charge is 0.270 e. The second-order valence-corrected chi connectivity index (χ2v) is 5.86. The third kappa shape index (κ3) is 2.95. The van der Waals surface area contributed by atoms with E-state index in [1.54, 1.807) is 6.07 Å². The van der Waals surface area contributed by atoms with Gasteiger partial charge in [-0.05, 0) is 36.8 Å². The molecule has 0 bridgehead atoms. The summed E-state index contributed by atoms with van der Waals surface area (Å²) in [6, 6.07) is 9.58. The molecule has 1 amide bonds. The van der Waals surface area contributed by atoms with E-state index in [9.17, 15) is 14.9 Å². The maximum atomic E-state index is 12.4. The second kappa shape index (κ2) is 5.85. The Morgan fingerprint density at radius 2 is 2.04 bits per heavy atom. The number of furan rings is 1. The minimum absolute atomic E-state index is 0.0903. The van der Waals surface area contributed by atoms with E-state index in [2.05, 4.69) is 21.2 Å². The molecule has 0 atom stereocenters. The quantitative estimate of drug-likeness (QED) is 0.533. The Bertz CT molecular complexity index is 933. The van der Waals surface area contributed by atoms with Gasteiger partial charge in [-0.1, -0.05) is 15.9 Å². The standard InChI is InChI=1S/C16H11BrN2O4/c1-9-6-10(2-4-14(9)17)18-16(20)13-8-23-15-5-3-11(19(21)22)7-12(13)15/h2-8H,1H3,(H,18,20). The molecule has 1 aromatic heterocycles. The van der Waals surface area contributed by atoms with Gasteiger partial charge in [0.1, 0.15) is 11.8 Å². The summed E-state index contributed by atoms with van der Waals surface area (Å²) >= 11 is 3.40. The van der Waals surface area contributed by atoms with Gasteiger partial charge in [0.15, 0.2) is 0 Å². The zero-order valence-electron chi connectivity index (χ0n) is 12.0. The Morgan fingerprint density at radius 3 is 2.74 bits per heavy atom. The Balaban J connectivity index is 1.95. The molecule has 0 aliphatic carbocycles. The van der Waals surface area contributed by atoms with E-state index in [1.807, 2.05) is 19.1 Å². The van der Waals surface area contributed by atoms with Crippen molar-refractivity contribution in [1.82, 2.24) is 0 Å². The van der Waals surface area contributed by atoms with Crippen molar-refractivity contribution in [2.45, 2.75) is 6.92 Å². The van der Waals surface area contributed by atoms with Gasteiger partial charge in [0.25, 0.3) is 11.6 Å². The minimum Gasteiger partial charge on any atom is -0.463 e. The largest absolute Gasteiger partial charge is 0.463 e. The van der Waals surface area contributed by atoms with Crippen LogP contribution in [0.25, 0.3) is 11.0 Å². The molecular formula is C16H11BrN2O4. The molecule has 0 spiro atoms. The number of nitrogens with one attached hydrogen (secondary N) is 1. The van der Waals surface area contributed by atoms with Crippen molar-refractivity contribution < 1.29 is 14.1 Å². The average molecular weight is 375 g/mol. The molecule has 7 heteroatoms. The van der Waals surface area contributed by atoms with Gasteiger partial charge in [-0.15, -0.1) is 0 Å². The lowest BCUT2D eigenvalue weighted by molar-refractivity contribution is -0.384. The van der Waals surface area contributed by atoms with E-state index in [-0.39, 0.29) is 17.2 Å². The fourth-order valence-corrected chi connectivity index (χ4v) is 2.47. The molecule has 0 saturated carbocycles. The number of fused-ring (bicyclic) bond motifs is 1. The van der Waals surface area contributed by atoms with Crippen molar-refractivity contribution in [3.05, 3.63) is 68.4 Å². The zero-order chi connectivity index (χ0) is 16.6. The van der Waals surface area contributed by atoms with Gasteiger partial charge in [-0.3, -0.25) is 14.9 Å². The Hall–Kier alpha value is -2.67. The number of carbonyl (C=O) groups is 1. The zero-order valence-corrected chi connectivity index (χ0v) is 13.6. The van der Waals surface area contributed by atoms with Gasteiger partial charge in [-0.25, -0.2) is 0 Å². The maximum Gasteiger partial charge on any atom is 0.270 e. The lowest BCUT2D eigenvalue weighted by atomic mass is 10.1. The lowest BCUT2D eigenvalue weighted by Gasteiger charge is -2.06. The van der Waals surface area contributed by atoms with Crippen LogP contribution in [-0.4, -0.2) is 10.8 Å². The van der Waals surface area contributed by atoms with Crippen LogP contribution in [0.5, 0.6) is 0 Å². The summed E-state index contributed by atoms with van der Waals surface area (Å²) in [7, 11) is 0. The van der Waals surface area contributed by atoms with E-state index in [0.29, 0.717) is 16.7 Å².